The standard InChI is InChI=1S/C25H25BClN5O/c1-17(18-9-4-3-5-10-18)25(33)31(2)14-8-13-28-23-15-22(19-11-6-7-12-21(19)27)30-24-20(26)16-29-32(23)24/h3-7,9-12,15-17,28H,8,13-14H2,1-2H3. The number of nitrogens with zero attached hydrogens (tertiary/aromatic N) is 4. The van der Waals surface area contributed by atoms with Crippen LogP contribution in [0.2, 0.25) is 5.02 Å². The maximum atomic E-state index is 12.8. The smallest absolute Gasteiger partial charge is 0.229 e. The van der Waals surface area contributed by atoms with Gasteiger partial charge in [-0.2, -0.15) is 9.61 Å². The fourth-order valence-electron chi connectivity index (χ4n) is 3.77. The maximum absolute atomic E-state index is 12.8. The van der Waals surface area contributed by atoms with E-state index < -0.39 is 0 Å². The quantitative estimate of drug-likeness (QED) is 0.322. The van der Waals surface area contributed by atoms with Gasteiger partial charge in [-0.15, -0.1) is 0 Å². The number of benzene rings is 2. The molecule has 0 saturated heterocycles. The summed E-state index contributed by atoms with van der Waals surface area (Å²) in [7, 11) is 7.93. The van der Waals surface area contributed by atoms with Crippen LogP contribution in [0, 0.1) is 0 Å². The first-order valence-corrected chi connectivity index (χ1v) is 11.3. The van der Waals surface area contributed by atoms with Gasteiger partial charge in [0.15, 0.2) is 5.65 Å². The van der Waals surface area contributed by atoms with E-state index in [0.717, 1.165) is 23.4 Å². The van der Waals surface area contributed by atoms with Gasteiger partial charge in [-0.1, -0.05) is 60.1 Å². The first-order chi connectivity index (χ1) is 16.0. The van der Waals surface area contributed by atoms with Crippen molar-refractivity contribution in [1.82, 2.24) is 19.5 Å². The summed E-state index contributed by atoms with van der Waals surface area (Å²) in [6.45, 7) is 3.23. The van der Waals surface area contributed by atoms with Gasteiger partial charge in [0.25, 0.3) is 0 Å². The summed E-state index contributed by atoms with van der Waals surface area (Å²) in [4.78, 5) is 19.2. The zero-order chi connectivity index (χ0) is 23.4. The molecule has 1 amide bonds. The number of carbonyl (C=O) groups excluding carboxylic acids is 1. The highest BCUT2D eigenvalue weighted by molar-refractivity contribution is 6.36. The van der Waals surface area contributed by atoms with Gasteiger partial charge in [0.1, 0.15) is 13.7 Å². The molecule has 0 saturated carbocycles. The van der Waals surface area contributed by atoms with E-state index in [1.165, 1.54) is 0 Å². The maximum Gasteiger partial charge on any atom is 0.229 e. The van der Waals surface area contributed by atoms with Crippen LogP contribution in [0.25, 0.3) is 16.9 Å². The monoisotopic (exact) mass is 457 g/mol. The Kier molecular flexibility index (Phi) is 6.99. The average molecular weight is 458 g/mol. The first kappa shape index (κ1) is 22.9. The lowest BCUT2D eigenvalue weighted by molar-refractivity contribution is -0.131. The predicted octanol–water partition coefficient (Wildman–Crippen LogP) is 3.91. The molecule has 2 aromatic heterocycles. The molecule has 0 spiro atoms. The third-order valence-electron chi connectivity index (χ3n) is 5.67. The van der Waals surface area contributed by atoms with E-state index in [2.05, 4.69) is 15.4 Å². The first-order valence-electron chi connectivity index (χ1n) is 10.9. The molecule has 6 nitrogen and oxygen atoms in total. The Morgan fingerprint density at radius 3 is 2.67 bits per heavy atom. The molecule has 166 valence electrons. The van der Waals surface area contributed by atoms with Crippen LogP contribution in [-0.2, 0) is 4.79 Å². The van der Waals surface area contributed by atoms with Crippen molar-refractivity contribution in [3.63, 3.8) is 0 Å². The number of halogens is 1. The zero-order valence-electron chi connectivity index (χ0n) is 18.7. The Balaban J connectivity index is 1.43. The van der Waals surface area contributed by atoms with E-state index in [0.29, 0.717) is 34.9 Å². The van der Waals surface area contributed by atoms with Crippen LogP contribution in [0.5, 0.6) is 0 Å². The van der Waals surface area contributed by atoms with Crippen molar-refractivity contribution in [2.24, 2.45) is 0 Å². The number of nitrogens with one attached hydrogen (secondary N) is 1. The van der Waals surface area contributed by atoms with Crippen molar-refractivity contribution in [2.75, 3.05) is 25.5 Å². The van der Waals surface area contributed by atoms with Gasteiger partial charge in [-0.05, 0) is 30.4 Å². The number of anilines is 1. The number of aromatic nitrogens is 3. The highest BCUT2D eigenvalue weighted by Gasteiger charge is 2.19. The Morgan fingerprint density at radius 1 is 1.18 bits per heavy atom. The van der Waals surface area contributed by atoms with Gasteiger partial charge in [0.05, 0.1) is 11.6 Å². The summed E-state index contributed by atoms with van der Waals surface area (Å²) in [5, 5.41) is 8.37. The molecule has 0 aliphatic carbocycles. The number of amides is 1. The van der Waals surface area contributed by atoms with Crippen LogP contribution in [0.1, 0.15) is 24.8 Å². The molecule has 4 aromatic rings. The Hall–Kier alpha value is -3.32. The second-order valence-corrected chi connectivity index (χ2v) is 8.42. The lowest BCUT2D eigenvalue weighted by Crippen LogP contribution is -2.32. The molecule has 1 N–H and O–H groups in total. The Morgan fingerprint density at radius 2 is 1.91 bits per heavy atom. The summed E-state index contributed by atoms with van der Waals surface area (Å²) in [5.41, 5.74) is 3.62. The van der Waals surface area contributed by atoms with E-state index in [1.807, 2.05) is 74.6 Å². The molecule has 1 unspecified atom stereocenters. The number of likely N-dealkylation sites (N-methyl/N-ethyl adjacent to an activating group) is 1. The SMILES string of the molecule is [B]c1cnn2c(NCCCN(C)C(=O)C(C)c3ccccc3)cc(-c3ccccc3Cl)nc12. The van der Waals surface area contributed by atoms with Crippen LogP contribution in [0.4, 0.5) is 5.82 Å². The van der Waals surface area contributed by atoms with Crippen molar-refractivity contribution in [2.45, 2.75) is 19.3 Å². The van der Waals surface area contributed by atoms with Gasteiger partial charge in [-0.3, -0.25) is 4.79 Å². The number of rotatable bonds is 8. The zero-order valence-corrected chi connectivity index (χ0v) is 19.5. The second kappa shape index (κ2) is 10.1. The van der Waals surface area contributed by atoms with Crippen LogP contribution in [0.15, 0.2) is 66.9 Å². The van der Waals surface area contributed by atoms with Crippen LogP contribution < -0.4 is 10.8 Å². The fraction of sp³-hybridized carbons (Fsp3) is 0.240. The molecule has 0 fully saturated rings. The minimum Gasteiger partial charge on any atom is -0.370 e. The van der Waals surface area contributed by atoms with Crippen molar-refractivity contribution < 1.29 is 4.79 Å². The minimum absolute atomic E-state index is 0.105. The highest BCUT2D eigenvalue weighted by atomic mass is 35.5. The van der Waals surface area contributed by atoms with Crippen molar-refractivity contribution in [3.8, 4) is 11.3 Å². The molecule has 33 heavy (non-hydrogen) atoms. The molecular formula is C25H25BClN5O. The molecular weight excluding hydrogens is 433 g/mol. The van der Waals surface area contributed by atoms with E-state index in [-0.39, 0.29) is 11.8 Å². The lowest BCUT2D eigenvalue weighted by Gasteiger charge is -2.22. The summed E-state index contributed by atoms with van der Waals surface area (Å²) >= 11 is 6.39. The average Bonchev–Trinajstić information content (AvgIpc) is 3.22. The van der Waals surface area contributed by atoms with Crippen LogP contribution in [0.3, 0.4) is 0 Å². The molecule has 8 heteroatoms. The summed E-state index contributed by atoms with van der Waals surface area (Å²) in [6.07, 6.45) is 2.35. The van der Waals surface area contributed by atoms with Crippen molar-refractivity contribution >= 4 is 42.3 Å². The third-order valence-corrected chi connectivity index (χ3v) is 6.00. The van der Waals surface area contributed by atoms with Gasteiger partial charge in [0.2, 0.25) is 5.91 Å². The number of carbonyl (C=O) groups is 1. The topological polar surface area (TPSA) is 62.5 Å². The molecule has 2 radical (unpaired) electrons. The molecule has 2 aromatic carbocycles. The van der Waals surface area contributed by atoms with Gasteiger partial charge in [-0.25, -0.2) is 4.98 Å². The minimum atomic E-state index is -0.172. The van der Waals surface area contributed by atoms with E-state index in [9.17, 15) is 4.79 Å². The normalized spacial score (nSPS) is 12.0. The second-order valence-electron chi connectivity index (χ2n) is 8.01. The van der Waals surface area contributed by atoms with Crippen LogP contribution >= 0.6 is 11.6 Å². The number of hydrogen-bond acceptors (Lipinski definition) is 4. The third kappa shape index (κ3) is 5.04. The largest absolute Gasteiger partial charge is 0.370 e. The molecule has 1 atom stereocenters. The molecule has 0 bridgehead atoms. The Labute approximate surface area is 200 Å². The van der Waals surface area contributed by atoms with E-state index in [4.69, 9.17) is 19.4 Å². The summed E-state index contributed by atoms with van der Waals surface area (Å²) in [6, 6.07) is 19.3. The lowest BCUT2D eigenvalue weighted by atomic mass is 10.00. The van der Waals surface area contributed by atoms with E-state index >= 15 is 0 Å². The summed E-state index contributed by atoms with van der Waals surface area (Å²) < 4.78 is 1.68. The highest BCUT2D eigenvalue weighted by Crippen LogP contribution is 2.28. The number of hydrogen-bond donors (Lipinski definition) is 1. The van der Waals surface area contributed by atoms with Crippen molar-refractivity contribution in [3.05, 3.63) is 77.4 Å². The van der Waals surface area contributed by atoms with Crippen molar-refractivity contribution in [1.29, 1.82) is 0 Å². The molecule has 0 aliphatic heterocycles. The predicted molar refractivity (Wildman–Crippen MR) is 134 cm³/mol. The van der Waals surface area contributed by atoms with Crippen LogP contribution in [-0.4, -0.2) is 53.4 Å². The van der Waals surface area contributed by atoms with E-state index in [1.54, 1.807) is 15.6 Å². The van der Waals surface area contributed by atoms with Gasteiger partial charge in [0, 0.05) is 43.0 Å². The number of fused-ring (bicyclic) bond motifs is 1. The Bertz CT molecular complexity index is 1260. The molecule has 0 aliphatic rings. The van der Waals surface area contributed by atoms with Gasteiger partial charge < -0.3 is 10.2 Å². The fourth-order valence-corrected chi connectivity index (χ4v) is 4.00. The molecule has 2 heterocycles. The summed E-state index contributed by atoms with van der Waals surface area (Å²) in [5.74, 6) is 0.695. The molecule has 4 rings (SSSR count). The van der Waals surface area contributed by atoms with Gasteiger partial charge >= 0.3 is 0 Å².